The lowest BCUT2D eigenvalue weighted by Crippen LogP contribution is -2.35. The molecular formula is C20H25N3O5S2. The van der Waals surface area contributed by atoms with E-state index in [9.17, 15) is 21.6 Å². The lowest BCUT2D eigenvalue weighted by atomic mass is 10.1. The second-order valence-corrected chi connectivity index (χ2v) is 11.0. The third-order valence-electron chi connectivity index (χ3n) is 4.93. The first-order valence-electron chi connectivity index (χ1n) is 9.45. The summed E-state index contributed by atoms with van der Waals surface area (Å²) in [7, 11) is -7.01. The fourth-order valence-electron chi connectivity index (χ4n) is 3.40. The average Bonchev–Trinajstić information content (AvgIpc) is 3.10. The molecule has 0 spiro atoms. The van der Waals surface area contributed by atoms with Crippen molar-refractivity contribution in [2.45, 2.75) is 25.2 Å². The molecule has 0 bridgehead atoms. The molecule has 1 amide bonds. The van der Waals surface area contributed by atoms with Crippen molar-refractivity contribution in [3.05, 3.63) is 58.7 Å². The van der Waals surface area contributed by atoms with Crippen LogP contribution in [0.5, 0.6) is 0 Å². The summed E-state index contributed by atoms with van der Waals surface area (Å²) in [5.41, 5.74) is 3.29. The molecular weight excluding hydrogens is 426 g/mol. The van der Waals surface area contributed by atoms with Gasteiger partial charge in [0.2, 0.25) is 20.0 Å². The van der Waals surface area contributed by atoms with E-state index >= 15 is 0 Å². The molecule has 10 heteroatoms. The van der Waals surface area contributed by atoms with Crippen LogP contribution in [0.15, 0.2) is 41.3 Å². The molecule has 1 aliphatic heterocycles. The number of nitrogens with one attached hydrogen (secondary N) is 2. The monoisotopic (exact) mass is 451 g/mol. The first-order valence-corrected chi connectivity index (χ1v) is 12.8. The minimum absolute atomic E-state index is 0.0499. The van der Waals surface area contributed by atoms with Crippen LogP contribution in [-0.2, 0) is 26.5 Å². The number of carbonyl (C=O) groups excluding carboxylic acids is 1. The molecule has 0 fully saturated rings. The standard InChI is InChI=1S/C20H25N3O5S2/c1-14-4-5-15(2)19(12-14)30(27,28)22-10-9-21-20(24)17-6-7-18-16(13-17)8-11-23(18)29(3,25)26/h4-7,12-13,22H,8-11H2,1-3H3,(H,21,24). The zero-order chi connectivity index (χ0) is 22.1. The number of aryl methyl sites for hydroxylation is 2. The van der Waals surface area contributed by atoms with Gasteiger partial charge >= 0.3 is 0 Å². The predicted octanol–water partition coefficient (Wildman–Crippen LogP) is 1.33. The van der Waals surface area contributed by atoms with Crippen LogP contribution in [-0.4, -0.2) is 48.6 Å². The summed E-state index contributed by atoms with van der Waals surface area (Å²) in [6.07, 6.45) is 1.70. The van der Waals surface area contributed by atoms with Gasteiger partial charge in [-0.1, -0.05) is 12.1 Å². The Morgan fingerprint density at radius 2 is 1.77 bits per heavy atom. The molecule has 2 aromatic rings. The van der Waals surface area contributed by atoms with Gasteiger partial charge in [-0.2, -0.15) is 0 Å². The molecule has 2 N–H and O–H groups in total. The number of carbonyl (C=O) groups is 1. The third kappa shape index (κ3) is 4.82. The number of hydrogen-bond donors (Lipinski definition) is 2. The Labute approximate surface area is 177 Å². The number of amides is 1. The Bertz CT molecular complexity index is 1190. The van der Waals surface area contributed by atoms with Crippen LogP contribution < -0.4 is 14.3 Å². The third-order valence-corrected chi connectivity index (χ3v) is 7.71. The van der Waals surface area contributed by atoms with Crippen molar-refractivity contribution in [2.24, 2.45) is 0 Å². The van der Waals surface area contributed by atoms with Gasteiger partial charge in [-0.15, -0.1) is 0 Å². The van der Waals surface area contributed by atoms with Crippen LogP contribution in [0.25, 0.3) is 0 Å². The molecule has 0 atom stereocenters. The Morgan fingerprint density at radius 1 is 1.03 bits per heavy atom. The first-order chi connectivity index (χ1) is 14.0. The molecule has 0 aromatic heterocycles. The normalized spacial score (nSPS) is 13.9. The largest absolute Gasteiger partial charge is 0.351 e. The van der Waals surface area contributed by atoms with Crippen LogP contribution in [0.1, 0.15) is 27.0 Å². The van der Waals surface area contributed by atoms with E-state index in [0.29, 0.717) is 29.8 Å². The smallest absolute Gasteiger partial charge is 0.251 e. The number of sulfonamides is 2. The van der Waals surface area contributed by atoms with E-state index < -0.39 is 20.0 Å². The van der Waals surface area contributed by atoms with Crippen molar-refractivity contribution >= 4 is 31.6 Å². The molecule has 162 valence electrons. The van der Waals surface area contributed by atoms with Crippen LogP contribution in [0, 0.1) is 13.8 Å². The van der Waals surface area contributed by atoms with Gasteiger partial charge in [0.1, 0.15) is 0 Å². The summed E-state index contributed by atoms with van der Waals surface area (Å²) in [6.45, 7) is 4.09. The van der Waals surface area contributed by atoms with E-state index in [-0.39, 0.29) is 23.9 Å². The van der Waals surface area contributed by atoms with Gasteiger partial charge in [-0.25, -0.2) is 21.6 Å². The second kappa shape index (κ2) is 8.37. The highest BCUT2D eigenvalue weighted by atomic mass is 32.2. The van der Waals surface area contributed by atoms with Gasteiger partial charge in [0.05, 0.1) is 16.8 Å². The molecule has 1 aliphatic rings. The van der Waals surface area contributed by atoms with Crippen molar-refractivity contribution in [1.82, 2.24) is 10.0 Å². The summed E-state index contributed by atoms with van der Waals surface area (Å²) in [6, 6.07) is 10.1. The maximum atomic E-state index is 12.5. The fourth-order valence-corrected chi connectivity index (χ4v) is 5.71. The van der Waals surface area contributed by atoms with Crippen molar-refractivity contribution in [1.29, 1.82) is 0 Å². The highest BCUT2D eigenvalue weighted by Gasteiger charge is 2.26. The lowest BCUT2D eigenvalue weighted by molar-refractivity contribution is 0.0954. The maximum Gasteiger partial charge on any atom is 0.251 e. The van der Waals surface area contributed by atoms with Crippen LogP contribution in [0.4, 0.5) is 5.69 Å². The quantitative estimate of drug-likeness (QED) is 0.617. The minimum atomic E-state index is -3.67. The molecule has 0 saturated carbocycles. The number of benzene rings is 2. The van der Waals surface area contributed by atoms with Crippen molar-refractivity contribution in [3.8, 4) is 0 Å². The summed E-state index contributed by atoms with van der Waals surface area (Å²) < 4.78 is 52.4. The fraction of sp³-hybridized carbons (Fsp3) is 0.350. The van der Waals surface area contributed by atoms with E-state index in [4.69, 9.17) is 0 Å². The van der Waals surface area contributed by atoms with Crippen LogP contribution in [0.3, 0.4) is 0 Å². The molecule has 30 heavy (non-hydrogen) atoms. The average molecular weight is 452 g/mol. The molecule has 1 heterocycles. The van der Waals surface area contributed by atoms with Crippen LogP contribution in [0.2, 0.25) is 0 Å². The molecule has 0 unspecified atom stereocenters. The number of anilines is 1. The summed E-state index contributed by atoms with van der Waals surface area (Å²) in [5.74, 6) is -0.346. The summed E-state index contributed by atoms with van der Waals surface area (Å²) >= 11 is 0. The van der Waals surface area contributed by atoms with E-state index in [1.165, 1.54) is 4.31 Å². The Balaban J connectivity index is 1.59. The number of fused-ring (bicyclic) bond motifs is 1. The van der Waals surface area contributed by atoms with Crippen molar-refractivity contribution < 1.29 is 21.6 Å². The van der Waals surface area contributed by atoms with Gasteiger partial charge in [0.15, 0.2) is 0 Å². The van der Waals surface area contributed by atoms with Gasteiger partial charge in [0, 0.05) is 25.2 Å². The lowest BCUT2D eigenvalue weighted by Gasteiger charge is -2.16. The van der Waals surface area contributed by atoms with Gasteiger partial charge in [0.25, 0.3) is 5.91 Å². The minimum Gasteiger partial charge on any atom is -0.351 e. The molecule has 0 saturated heterocycles. The summed E-state index contributed by atoms with van der Waals surface area (Å²) in [4.78, 5) is 12.6. The molecule has 2 aromatic carbocycles. The van der Waals surface area contributed by atoms with E-state index in [1.807, 2.05) is 13.0 Å². The highest BCUT2D eigenvalue weighted by Crippen LogP contribution is 2.30. The SMILES string of the molecule is Cc1ccc(C)c(S(=O)(=O)NCCNC(=O)c2ccc3c(c2)CCN3S(C)(=O)=O)c1. The van der Waals surface area contributed by atoms with Crippen molar-refractivity contribution in [2.75, 3.05) is 30.2 Å². The second-order valence-electron chi connectivity index (χ2n) is 7.35. The molecule has 0 radical (unpaired) electrons. The maximum absolute atomic E-state index is 12.5. The Kier molecular flexibility index (Phi) is 6.21. The number of rotatable bonds is 7. The number of nitrogens with zero attached hydrogens (tertiary/aromatic N) is 1. The van der Waals surface area contributed by atoms with E-state index in [1.54, 1.807) is 37.3 Å². The van der Waals surface area contributed by atoms with Crippen molar-refractivity contribution in [3.63, 3.8) is 0 Å². The predicted molar refractivity (Wildman–Crippen MR) is 116 cm³/mol. The van der Waals surface area contributed by atoms with Crippen LogP contribution >= 0.6 is 0 Å². The van der Waals surface area contributed by atoms with Gasteiger partial charge in [-0.3, -0.25) is 9.10 Å². The zero-order valence-electron chi connectivity index (χ0n) is 17.1. The molecule has 3 rings (SSSR count). The van der Waals surface area contributed by atoms with E-state index in [0.717, 1.165) is 17.4 Å². The Hall–Kier alpha value is -2.43. The number of hydrogen-bond acceptors (Lipinski definition) is 5. The zero-order valence-corrected chi connectivity index (χ0v) is 18.7. The first kappa shape index (κ1) is 22.3. The Morgan fingerprint density at radius 3 is 2.47 bits per heavy atom. The summed E-state index contributed by atoms with van der Waals surface area (Å²) in [5, 5.41) is 2.68. The molecule has 8 nitrogen and oxygen atoms in total. The topological polar surface area (TPSA) is 113 Å². The molecule has 0 aliphatic carbocycles. The highest BCUT2D eigenvalue weighted by molar-refractivity contribution is 7.92. The van der Waals surface area contributed by atoms with Gasteiger partial charge < -0.3 is 5.32 Å². The van der Waals surface area contributed by atoms with Gasteiger partial charge in [-0.05, 0) is 61.2 Å². The van der Waals surface area contributed by atoms with E-state index in [2.05, 4.69) is 10.0 Å².